The summed E-state index contributed by atoms with van der Waals surface area (Å²) in [6.07, 6.45) is 1.20. The van der Waals surface area contributed by atoms with Gasteiger partial charge in [-0.1, -0.05) is 11.8 Å². The fraction of sp³-hybridized carbons (Fsp3) is 0.214. The molecule has 0 spiro atoms. The van der Waals surface area contributed by atoms with Gasteiger partial charge in [-0.15, -0.1) is 0 Å². The number of hydrogen-bond acceptors (Lipinski definition) is 5. The van der Waals surface area contributed by atoms with Crippen LogP contribution in [0, 0.1) is 6.92 Å². The molecule has 1 aromatic heterocycles. The number of sulfone groups is 1. The minimum absolute atomic E-state index is 0.321. The van der Waals surface area contributed by atoms with Crippen molar-refractivity contribution in [2.75, 3.05) is 6.26 Å². The van der Waals surface area contributed by atoms with E-state index >= 15 is 0 Å². The quantitative estimate of drug-likeness (QED) is 0.939. The molecule has 0 saturated heterocycles. The van der Waals surface area contributed by atoms with Crippen molar-refractivity contribution in [1.82, 2.24) is 4.98 Å². The highest BCUT2D eigenvalue weighted by Crippen LogP contribution is 2.27. The van der Waals surface area contributed by atoms with Gasteiger partial charge in [-0.2, -0.15) is 0 Å². The van der Waals surface area contributed by atoms with Gasteiger partial charge in [0, 0.05) is 23.4 Å². The van der Waals surface area contributed by atoms with Crippen LogP contribution in [-0.2, 0) is 16.4 Å². The lowest BCUT2D eigenvalue weighted by Crippen LogP contribution is -1.98. The van der Waals surface area contributed by atoms with Crippen LogP contribution in [0.15, 0.2) is 51.2 Å². The second-order valence-corrected chi connectivity index (χ2v) is 7.61. The van der Waals surface area contributed by atoms with Gasteiger partial charge >= 0.3 is 0 Å². The first-order valence-electron chi connectivity index (χ1n) is 6.04. The molecule has 0 saturated carbocycles. The summed E-state index contributed by atoms with van der Waals surface area (Å²) >= 11 is 1.49. The molecule has 20 heavy (non-hydrogen) atoms. The van der Waals surface area contributed by atoms with Gasteiger partial charge in [-0.05, 0) is 48.9 Å². The van der Waals surface area contributed by atoms with E-state index in [1.54, 1.807) is 24.3 Å². The Labute approximate surface area is 123 Å². The first-order valence-corrected chi connectivity index (χ1v) is 8.75. The van der Waals surface area contributed by atoms with Crippen molar-refractivity contribution in [3.05, 3.63) is 47.7 Å². The van der Waals surface area contributed by atoms with Crippen LogP contribution in [0.1, 0.15) is 11.3 Å². The van der Waals surface area contributed by atoms with Crippen molar-refractivity contribution in [2.24, 2.45) is 5.73 Å². The van der Waals surface area contributed by atoms with Crippen LogP contribution in [0.3, 0.4) is 0 Å². The van der Waals surface area contributed by atoms with E-state index in [1.165, 1.54) is 18.0 Å². The van der Waals surface area contributed by atoms with Crippen LogP contribution in [0.25, 0.3) is 0 Å². The molecule has 106 valence electrons. The number of pyridine rings is 1. The lowest BCUT2D eigenvalue weighted by atomic mass is 10.2. The van der Waals surface area contributed by atoms with E-state index < -0.39 is 9.84 Å². The number of hydrogen-bond donors (Lipinski definition) is 1. The van der Waals surface area contributed by atoms with Crippen molar-refractivity contribution in [1.29, 1.82) is 0 Å². The van der Waals surface area contributed by atoms with Gasteiger partial charge in [0.15, 0.2) is 9.84 Å². The average Bonchev–Trinajstić information content (AvgIpc) is 2.37. The molecule has 0 amide bonds. The second-order valence-electron chi connectivity index (χ2n) is 4.50. The van der Waals surface area contributed by atoms with Crippen LogP contribution in [-0.4, -0.2) is 19.7 Å². The third-order valence-corrected chi connectivity index (χ3v) is 4.75. The minimum Gasteiger partial charge on any atom is -0.326 e. The number of aryl methyl sites for hydroxylation is 1. The fourth-order valence-corrected chi connectivity index (χ4v) is 3.30. The molecular formula is C14H16N2O2S2. The Morgan fingerprint density at radius 2 is 1.85 bits per heavy atom. The summed E-state index contributed by atoms with van der Waals surface area (Å²) < 4.78 is 22.8. The Morgan fingerprint density at radius 3 is 2.40 bits per heavy atom. The van der Waals surface area contributed by atoms with Gasteiger partial charge in [0.1, 0.15) is 5.03 Å². The predicted molar refractivity (Wildman–Crippen MR) is 80.5 cm³/mol. The molecule has 2 aromatic rings. The van der Waals surface area contributed by atoms with E-state index in [-0.39, 0.29) is 0 Å². The lowest BCUT2D eigenvalue weighted by Gasteiger charge is -2.06. The van der Waals surface area contributed by atoms with Gasteiger partial charge in [-0.3, -0.25) is 0 Å². The third kappa shape index (κ3) is 3.82. The highest BCUT2D eigenvalue weighted by Gasteiger charge is 2.07. The Kier molecular flexibility index (Phi) is 4.47. The van der Waals surface area contributed by atoms with Crippen LogP contribution >= 0.6 is 11.8 Å². The first kappa shape index (κ1) is 15.0. The first-order chi connectivity index (χ1) is 9.38. The molecule has 0 fully saturated rings. The molecule has 0 bridgehead atoms. The molecule has 0 unspecified atom stereocenters. The molecule has 6 heteroatoms. The van der Waals surface area contributed by atoms with E-state index in [9.17, 15) is 8.42 Å². The molecule has 0 aliphatic rings. The summed E-state index contributed by atoms with van der Waals surface area (Å²) in [5.41, 5.74) is 7.60. The van der Waals surface area contributed by atoms with E-state index in [0.717, 1.165) is 21.2 Å². The highest BCUT2D eigenvalue weighted by atomic mass is 32.2. The number of nitrogens with zero attached hydrogens (tertiary/aromatic N) is 1. The zero-order valence-corrected chi connectivity index (χ0v) is 13.0. The SMILES string of the molecule is Cc1cc(CN)cc(Sc2ccc(S(C)(=O)=O)cc2)n1. The summed E-state index contributed by atoms with van der Waals surface area (Å²) in [7, 11) is -3.15. The third-order valence-electron chi connectivity index (χ3n) is 2.70. The van der Waals surface area contributed by atoms with Crippen molar-refractivity contribution in [3.63, 3.8) is 0 Å². The largest absolute Gasteiger partial charge is 0.326 e. The standard InChI is InChI=1S/C14H16N2O2S2/c1-10-7-11(9-15)8-14(16-10)19-12-3-5-13(6-4-12)20(2,17)18/h3-8H,9,15H2,1-2H3. The topological polar surface area (TPSA) is 73.1 Å². The van der Waals surface area contributed by atoms with Gasteiger partial charge in [0.05, 0.1) is 4.90 Å². The van der Waals surface area contributed by atoms with Crippen LogP contribution in [0.4, 0.5) is 0 Å². The molecule has 2 N–H and O–H groups in total. The van der Waals surface area contributed by atoms with E-state index in [0.29, 0.717) is 11.4 Å². The van der Waals surface area contributed by atoms with Crippen LogP contribution in [0.2, 0.25) is 0 Å². The summed E-state index contributed by atoms with van der Waals surface area (Å²) in [4.78, 5) is 5.70. The smallest absolute Gasteiger partial charge is 0.175 e. The molecule has 1 aromatic carbocycles. The predicted octanol–water partition coefficient (Wildman–Crippen LogP) is 2.40. The minimum atomic E-state index is -3.15. The van der Waals surface area contributed by atoms with Crippen molar-refractivity contribution < 1.29 is 8.42 Å². The fourth-order valence-electron chi connectivity index (χ4n) is 1.75. The van der Waals surface area contributed by atoms with E-state index in [4.69, 9.17) is 5.73 Å². The van der Waals surface area contributed by atoms with Crippen LogP contribution < -0.4 is 5.73 Å². The second kappa shape index (κ2) is 5.95. The maximum absolute atomic E-state index is 11.4. The molecule has 0 atom stereocenters. The highest BCUT2D eigenvalue weighted by molar-refractivity contribution is 7.99. The molecule has 1 heterocycles. The Bertz CT molecular complexity index is 710. The number of nitrogens with two attached hydrogens (primary N) is 1. The monoisotopic (exact) mass is 308 g/mol. The van der Waals surface area contributed by atoms with Crippen molar-refractivity contribution >= 4 is 21.6 Å². The van der Waals surface area contributed by atoms with Crippen LogP contribution in [0.5, 0.6) is 0 Å². The zero-order chi connectivity index (χ0) is 14.8. The normalized spacial score (nSPS) is 11.6. The van der Waals surface area contributed by atoms with Gasteiger partial charge in [0.25, 0.3) is 0 Å². The molecular weight excluding hydrogens is 292 g/mol. The number of benzene rings is 1. The van der Waals surface area contributed by atoms with Crippen molar-refractivity contribution in [3.8, 4) is 0 Å². The maximum Gasteiger partial charge on any atom is 0.175 e. The Balaban J connectivity index is 2.24. The van der Waals surface area contributed by atoms with Crippen molar-refractivity contribution in [2.45, 2.75) is 28.3 Å². The molecule has 0 aliphatic heterocycles. The molecule has 0 radical (unpaired) electrons. The van der Waals surface area contributed by atoms with Gasteiger partial charge in [-0.25, -0.2) is 13.4 Å². The Morgan fingerprint density at radius 1 is 1.20 bits per heavy atom. The average molecular weight is 308 g/mol. The number of rotatable bonds is 4. The molecule has 4 nitrogen and oxygen atoms in total. The summed E-state index contributed by atoms with van der Waals surface area (Å²) in [5.74, 6) is 0. The summed E-state index contributed by atoms with van der Waals surface area (Å²) in [5, 5.41) is 0.859. The van der Waals surface area contributed by atoms with E-state index in [2.05, 4.69) is 4.98 Å². The maximum atomic E-state index is 11.4. The molecule has 0 aliphatic carbocycles. The van der Waals surface area contributed by atoms with Gasteiger partial charge in [0.2, 0.25) is 0 Å². The lowest BCUT2D eigenvalue weighted by molar-refractivity contribution is 0.602. The summed E-state index contributed by atoms with van der Waals surface area (Å²) in [6.45, 7) is 2.40. The summed E-state index contributed by atoms with van der Waals surface area (Å²) in [6, 6.07) is 10.7. The zero-order valence-electron chi connectivity index (χ0n) is 11.3. The van der Waals surface area contributed by atoms with E-state index in [1.807, 2.05) is 19.1 Å². The molecule has 2 rings (SSSR count). The van der Waals surface area contributed by atoms with Gasteiger partial charge < -0.3 is 5.73 Å². The number of aromatic nitrogens is 1. The Hall–Kier alpha value is -1.37.